The number of nitrogens with zero attached hydrogens (tertiary/aromatic N) is 3. The average Bonchev–Trinajstić information content (AvgIpc) is 3.39. The largest absolute Gasteiger partial charge is 0.457 e. The number of benzene rings is 3. The molecule has 1 fully saturated rings. The van der Waals surface area contributed by atoms with Gasteiger partial charge in [-0.05, 0) is 120 Å². The van der Waals surface area contributed by atoms with Crippen molar-refractivity contribution in [3.8, 4) is 17.2 Å². The van der Waals surface area contributed by atoms with Crippen molar-refractivity contribution in [2.75, 3.05) is 18.4 Å². The van der Waals surface area contributed by atoms with E-state index in [-0.39, 0.29) is 18.0 Å². The quantitative estimate of drug-likeness (QED) is 0.217. The van der Waals surface area contributed by atoms with Crippen LogP contribution in [0.1, 0.15) is 66.4 Å². The molecule has 0 bridgehead atoms. The van der Waals surface area contributed by atoms with Gasteiger partial charge in [0.05, 0.1) is 12.0 Å². The maximum Gasteiger partial charge on any atom is 0.407 e. The molecule has 236 valence electrons. The van der Waals surface area contributed by atoms with Crippen molar-refractivity contribution in [2.45, 2.75) is 72.6 Å². The number of hydrogen-bond donors (Lipinski definition) is 2. The number of likely N-dealkylation sites (tertiary alicyclic amines) is 1. The molecule has 1 saturated heterocycles. The molecule has 1 aromatic heterocycles. The van der Waals surface area contributed by atoms with Gasteiger partial charge in [-0.3, -0.25) is 9.69 Å². The highest BCUT2D eigenvalue weighted by molar-refractivity contribution is 6.04. The molecule has 0 unspecified atom stereocenters. The number of piperidine rings is 1. The first kappa shape index (κ1) is 31.8. The van der Waals surface area contributed by atoms with Crippen LogP contribution in [0.2, 0.25) is 0 Å². The van der Waals surface area contributed by atoms with Gasteiger partial charge in [0.2, 0.25) is 0 Å². The fourth-order valence-electron chi connectivity index (χ4n) is 5.46. The van der Waals surface area contributed by atoms with Crippen LogP contribution in [-0.2, 0) is 11.3 Å². The molecule has 2 heterocycles. The highest BCUT2D eigenvalue weighted by Gasteiger charge is 2.24. The Balaban J connectivity index is 1.34. The first-order valence-corrected chi connectivity index (χ1v) is 15.4. The van der Waals surface area contributed by atoms with Gasteiger partial charge >= 0.3 is 6.09 Å². The highest BCUT2D eigenvalue weighted by Crippen LogP contribution is 2.28. The van der Waals surface area contributed by atoms with Gasteiger partial charge in [0.25, 0.3) is 5.91 Å². The second-order valence-corrected chi connectivity index (χ2v) is 12.9. The number of aromatic nitrogens is 2. The number of carbonyl (C=O) groups excluding carboxylic acids is 2. The second kappa shape index (κ2) is 13.6. The molecule has 2 amide bonds. The predicted octanol–water partition coefficient (Wildman–Crippen LogP) is 7.33. The number of anilines is 1. The number of ether oxygens (including phenoxy) is 2. The van der Waals surface area contributed by atoms with E-state index in [0.29, 0.717) is 30.1 Å². The molecular weight excluding hydrogens is 566 g/mol. The predicted molar refractivity (Wildman–Crippen MR) is 176 cm³/mol. The third kappa shape index (κ3) is 8.95. The summed E-state index contributed by atoms with van der Waals surface area (Å²) in [5, 5.41) is 6.14. The summed E-state index contributed by atoms with van der Waals surface area (Å²) < 4.78 is 13.6. The molecule has 0 spiro atoms. The van der Waals surface area contributed by atoms with Crippen LogP contribution in [0, 0.1) is 20.8 Å². The van der Waals surface area contributed by atoms with Gasteiger partial charge < -0.3 is 24.7 Å². The number of carbonyl (C=O) groups is 2. The van der Waals surface area contributed by atoms with Crippen LogP contribution in [0.5, 0.6) is 11.5 Å². The Hall–Kier alpha value is -4.63. The third-order valence-corrected chi connectivity index (χ3v) is 7.55. The lowest BCUT2D eigenvalue weighted by molar-refractivity contribution is 0.0470. The molecule has 5 rings (SSSR count). The van der Waals surface area contributed by atoms with Crippen LogP contribution in [0.25, 0.3) is 5.69 Å². The first-order valence-electron chi connectivity index (χ1n) is 15.4. The molecule has 0 saturated carbocycles. The van der Waals surface area contributed by atoms with Crippen molar-refractivity contribution in [1.82, 2.24) is 19.8 Å². The van der Waals surface area contributed by atoms with E-state index in [1.807, 2.05) is 101 Å². The lowest BCUT2D eigenvalue weighted by Crippen LogP contribution is -2.48. The van der Waals surface area contributed by atoms with Crippen molar-refractivity contribution in [3.05, 3.63) is 101 Å². The molecule has 9 nitrogen and oxygen atoms in total. The zero-order valence-corrected chi connectivity index (χ0v) is 27.0. The number of nitrogens with one attached hydrogen (secondary N) is 2. The number of aryl methyl sites for hydroxylation is 3. The summed E-state index contributed by atoms with van der Waals surface area (Å²) in [5.41, 5.74) is 5.52. The van der Waals surface area contributed by atoms with Gasteiger partial charge in [0.1, 0.15) is 17.1 Å². The summed E-state index contributed by atoms with van der Waals surface area (Å²) in [6, 6.07) is 19.4. The Bertz CT molecular complexity index is 1670. The van der Waals surface area contributed by atoms with E-state index in [4.69, 9.17) is 9.47 Å². The van der Waals surface area contributed by atoms with Crippen LogP contribution < -0.4 is 15.4 Å². The molecule has 1 aliphatic heterocycles. The molecule has 3 aromatic carbocycles. The summed E-state index contributed by atoms with van der Waals surface area (Å²) in [6.07, 6.45) is 5.21. The summed E-state index contributed by atoms with van der Waals surface area (Å²) in [5.74, 6) is 1.13. The molecule has 0 radical (unpaired) electrons. The Morgan fingerprint density at radius 2 is 1.84 bits per heavy atom. The van der Waals surface area contributed by atoms with Gasteiger partial charge in [-0.25, -0.2) is 9.78 Å². The summed E-state index contributed by atoms with van der Waals surface area (Å²) >= 11 is 0. The van der Waals surface area contributed by atoms with Gasteiger partial charge in [-0.2, -0.15) is 0 Å². The van der Waals surface area contributed by atoms with Crippen LogP contribution in [-0.4, -0.2) is 51.2 Å². The zero-order chi connectivity index (χ0) is 32.1. The van der Waals surface area contributed by atoms with E-state index in [2.05, 4.69) is 26.6 Å². The van der Waals surface area contributed by atoms with E-state index in [1.165, 1.54) is 0 Å². The summed E-state index contributed by atoms with van der Waals surface area (Å²) in [6.45, 7) is 13.8. The molecule has 1 atom stereocenters. The minimum Gasteiger partial charge on any atom is -0.457 e. The molecule has 1 aliphatic rings. The monoisotopic (exact) mass is 609 g/mol. The fourth-order valence-corrected chi connectivity index (χ4v) is 5.46. The van der Waals surface area contributed by atoms with Gasteiger partial charge in [-0.1, -0.05) is 18.2 Å². The molecule has 9 heteroatoms. The smallest absolute Gasteiger partial charge is 0.407 e. The van der Waals surface area contributed by atoms with Crippen molar-refractivity contribution in [2.24, 2.45) is 0 Å². The maximum absolute atomic E-state index is 13.5. The van der Waals surface area contributed by atoms with E-state index < -0.39 is 5.60 Å². The molecule has 4 aromatic rings. The first-order chi connectivity index (χ1) is 21.4. The standard InChI is InChI=1S/C36H43N5O4/c1-24-9-7-11-32(15-24)44-33-18-28(13-12-25(33)2)34(42)38-30-16-27(17-31(19-30)41-20-26(3)37-23-41)21-40-14-8-10-29(22-40)39-35(43)45-36(4,5)6/h7,9,11-13,15-20,23,29H,8,10,14,21-22H2,1-6H3,(H,38,42)(H,39,43)/t29-/m0/s1. The lowest BCUT2D eigenvalue weighted by Gasteiger charge is -2.33. The minimum absolute atomic E-state index is 0.00464. The number of rotatable bonds is 8. The summed E-state index contributed by atoms with van der Waals surface area (Å²) in [7, 11) is 0. The average molecular weight is 610 g/mol. The highest BCUT2D eigenvalue weighted by atomic mass is 16.6. The van der Waals surface area contributed by atoms with Crippen molar-refractivity contribution >= 4 is 17.7 Å². The Kier molecular flexibility index (Phi) is 9.58. The van der Waals surface area contributed by atoms with Crippen molar-refractivity contribution < 1.29 is 19.1 Å². The number of hydrogen-bond acceptors (Lipinski definition) is 6. The number of imidazole rings is 1. The Labute approximate surface area is 265 Å². The summed E-state index contributed by atoms with van der Waals surface area (Å²) in [4.78, 5) is 32.6. The van der Waals surface area contributed by atoms with Gasteiger partial charge in [0, 0.05) is 42.3 Å². The van der Waals surface area contributed by atoms with Crippen LogP contribution in [0.4, 0.5) is 10.5 Å². The number of amides is 2. The van der Waals surface area contributed by atoms with Crippen LogP contribution >= 0.6 is 0 Å². The van der Waals surface area contributed by atoms with E-state index in [9.17, 15) is 9.59 Å². The topological polar surface area (TPSA) is 97.7 Å². The fraction of sp³-hybridized carbons (Fsp3) is 0.361. The van der Waals surface area contributed by atoms with Crippen molar-refractivity contribution in [3.63, 3.8) is 0 Å². The Morgan fingerprint density at radius 1 is 1.02 bits per heavy atom. The zero-order valence-electron chi connectivity index (χ0n) is 27.0. The van der Waals surface area contributed by atoms with E-state index in [0.717, 1.165) is 53.2 Å². The number of alkyl carbamates (subject to hydrolysis) is 1. The molecule has 2 N–H and O–H groups in total. The lowest BCUT2D eigenvalue weighted by atomic mass is 10.0. The van der Waals surface area contributed by atoms with Crippen LogP contribution in [0.15, 0.2) is 73.2 Å². The van der Waals surface area contributed by atoms with Gasteiger partial charge in [-0.15, -0.1) is 0 Å². The maximum atomic E-state index is 13.5. The normalized spacial score (nSPS) is 15.4. The van der Waals surface area contributed by atoms with Crippen LogP contribution in [0.3, 0.4) is 0 Å². The van der Waals surface area contributed by atoms with Gasteiger partial charge in [0.15, 0.2) is 0 Å². The SMILES string of the molecule is Cc1cccc(Oc2cc(C(=O)Nc3cc(CN4CCC[C@H](NC(=O)OC(C)(C)C)C4)cc(-n4cnc(C)c4)c3)ccc2C)c1. The van der Waals surface area contributed by atoms with E-state index >= 15 is 0 Å². The molecular formula is C36H43N5O4. The minimum atomic E-state index is -0.542. The Morgan fingerprint density at radius 3 is 2.58 bits per heavy atom. The second-order valence-electron chi connectivity index (χ2n) is 12.9. The van der Waals surface area contributed by atoms with Crippen molar-refractivity contribution in [1.29, 1.82) is 0 Å². The molecule has 0 aliphatic carbocycles. The van der Waals surface area contributed by atoms with E-state index in [1.54, 1.807) is 12.4 Å². The third-order valence-electron chi connectivity index (χ3n) is 7.55. The molecule has 45 heavy (non-hydrogen) atoms.